The molecule has 12 nitrogen and oxygen atoms in total. The molecule has 2 amide bonds. The van der Waals surface area contributed by atoms with Crippen molar-refractivity contribution in [1.29, 1.82) is 0 Å². The molecule has 3 aromatic heterocycles. The van der Waals surface area contributed by atoms with Crippen LogP contribution in [0.15, 0.2) is 79.1 Å². The average Bonchev–Trinajstić information content (AvgIpc) is 3.82. The van der Waals surface area contributed by atoms with Crippen molar-refractivity contribution in [2.75, 3.05) is 16.8 Å². The number of carbonyl (C=O) groups excluding carboxylic acids is 1. The lowest BCUT2D eigenvalue weighted by molar-refractivity contribution is 0.186. The number of fused-ring (bicyclic) bond motifs is 1. The lowest BCUT2D eigenvalue weighted by Gasteiger charge is -2.42. The normalized spacial score (nSPS) is 20.5. The van der Waals surface area contributed by atoms with Crippen LogP contribution >= 0.6 is 0 Å². The van der Waals surface area contributed by atoms with Gasteiger partial charge in [-0.15, -0.1) is 10.2 Å². The number of hydrogen-bond donors (Lipinski definition) is 3. The van der Waals surface area contributed by atoms with Gasteiger partial charge in [0.15, 0.2) is 5.65 Å². The van der Waals surface area contributed by atoms with Gasteiger partial charge in [0.1, 0.15) is 23.4 Å². The number of nitrogens with one attached hydrogen (secondary N) is 2. The van der Waals surface area contributed by atoms with Crippen molar-refractivity contribution in [3.05, 3.63) is 90.3 Å². The van der Waals surface area contributed by atoms with Crippen molar-refractivity contribution in [1.82, 2.24) is 29.7 Å². The molecule has 0 unspecified atom stereocenters. The zero-order valence-corrected chi connectivity index (χ0v) is 38.5. The second kappa shape index (κ2) is 18.8. The second-order valence-electron chi connectivity index (χ2n) is 18.6. The predicted molar refractivity (Wildman–Crippen MR) is 245 cm³/mol. The van der Waals surface area contributed by atoms with Crippen molar-refractivity contribution in [2.24, 2.45) is 0 Å². The zero-order valence-electron chi connectivity index (χ0n) is 37.5. The van der Waals surface area contributed by atoms with Gasteiger partial charge in [-0.05, 0) is 91.6 Å². The van der Waals surface area contributed by atoms with Gasteiger partial charge in [-0.1, -0.05) is 93.2 Å². The number of carbonyl (C=O) groups is 1. The van der Waals surface area contributed by atoms with Gasteiger partial charge in [0.25, 0.3) is 8.32 Å². The number of ether oxygens (including phenoxy) is 1. The van der Waals surface area contributed by atoms with Crippen LogP contribution in [0.4, 0.5) is 16.6 Å². The molecule has 3 atom stereocenters. The number of piperidine rings is 1. The number of nitrogens with zero attached hydrogens (tertiary/aromatic N) is 6. The smallest absolute Gasteiger partial charge is 0.320 e. The Hall–Kier alpha value is -4.88. The van der Waals surface area contributed by atoms with Gasteiger partial charge in [0.05, 0.1) is 30.2 Å². The Morgan fingerprint density at radius 2 is 1.73 bits per heavy atom. The topological polar surface area (TPSA) is 131 Å². The van der Waals surface area contributed by atoms with E-state index in [4.69, 9.17) is 14.3 Å². The fraction of sp³-hybridized carbons (Fsp3) is 0.532. The van der Waals surface area contributed by atoms with Crippen LogP contribution in [-0.4, -0.2) is 68.6 Å². The molecule has 1 aliphatic heterocycles. The first-order valence-corrected chi connectivity index (χ1v) is 24.1. The summed E-state index contributed by atoms with van der Waals surface area (Å²) in [4.78, 5) is 16.3. The molecule has 3 N–H and O–H groups in total. The molecule has 60 heavy (non-hydrogen) atoms. The summed E-state index contributed by atoms with van der Waals surface area (Å²) in [7, 11) is -2.28. The van der Waals surface area contributed by atoms with Gasteiger partial charge in [-0.3, -0.25) is 9.72 Å². The quantitative estimate of drug-likeness (QED) is 0.120. The highest BCUT2D eigenvalue weighted by Gasteiger charge is 2.47. The van der Waals surface area contributed by atoms with Crippen molar-refractivity contribution in [3.8, 4) is 17.2 Å². The molecule has 0 spiro atoms. The van der Waals surface area contributed by atoms with E-state index in [0.717, 1.165) is 48.0 Å². The summed E-state index contributed by atoms with van der Waals surface area (Å²) < 4.78 is 17.4. The molecule has 4 aromatic rings. The summed E-state index contributed by atoms with van der Waals surface area (Å²) in [5.74, 6) is 2.81. The molecule has 324 valence electrons. The van der Waals surface area contributed by atoms with Crippen LogP contribution in [0.5, 0.6) is 11.5 Å². The minimum atomic E-state index is -2.28. The molecule has 1 fully saturated rings. The van der Waals surface area contributed by atoms with Crippen LogP contribution in [0, 0.1) is 0 Å². The van der Waals surface area contributed by atoms with Crippen molar-refractivity contribution < 1.29 is 19.1 Å². The van der Waals surface area contributed by atoms with Gasteiger partial charge in [0, 0.05) is 36.1 Å². The Kier molecular flexibility index (Phi) is 14.0. The van der Waals surface area contributed by atoms with Gasteiger partial charge < -0.3 is 24.5 Å². The Balaban J connectivity index is 1.20. The summed E-state index contributed by atoms with van der Waals surface area (Å²) >= 11 is 0. The number of aliphatic hydroxyl groups excluding tert-OH is 1. The molecule has 1 saturated heterocycles. The lowest BCUT2D eigenvalue weighted by Crippen LogP contribution is -2.50. The Bertz CT molecular complexity index is 2160. The first kappa shape index (κ1) is 44.7. The highest BCUT2D eigenvalue weighted by Crippen LogP contribution is 2.44. The third-order valence-corrected chi connectivity index (χ3v) is 18.4. The highest BCUT2D eigenvalue weighted by molar-refractivity contribution is 6.78. The standard InChI is InChI=1S/C47H68N8O4Si/c1-31(2)60(32(3)4,33(5)6)59-41-24-20-37(27-36(41)30-56)55-44(28-42(52-55)47(9,10)11)49-45(57)48-40-23-21-38(19-14-12-13-17-34(40)7)58-39-22-25-43-50-51-46(54(43)29-39)53-26-16-15-18-35(53)8/h12-14,17,20,22,24-25,27-29,31-33,35,38,40,56H,7,15-16,18-19,21,23,26,30H2,1-6,8-11H3,(H2,48,49,57)/b14-12-,17-13-/t35-,38-,40-/m0/s1. The van der Waals surface area contributed by atoms with Gasteiger partial charge >= 0.3 is 6.03 Å². The number of benzene rings is 1. The lowest BCUT2D eigenvalue weighted by atomic mass is 9.92. The minimum Gasteiger partial charge on any atom is -0.542 e. The molecule has 13 heteroatoms. The third kappa shape index (κ3) is 9.84. The van der Waals surface area contributed by atoms with Gasteiger partial charge in [-0.25, -0.2) is 9.48 Å². The van der Waals surface area contributed by atoms with Crippen molar-refractivity contribution in [3.63, 3.8) is 0 Å². The van der Waals surface area contributed by atoms with Crippen LogP contribution in [0.25, 0.3) is 11.3 Å². The summed E-state index contributed by atoms with van der Waals surface area (Å²) in [6.45, 7) is 27.1. The van der Waals surface area contributed by atoms with Crippen LogP contribution in [0.1, 0.15) is 119 Å². The highest BCUT2D eigenvalue weighted by atomic mass is 28.4. The van der Waals surface area contributed by atoms with Crippen LogP contribution in [0.3, 0.4) is 0 Å². The number of urea groups is 1. The summed E-state index contributed by atoms with van der Waals surface area (Å²) in [5, 5.41) is 30.9. The molecule has 1 aromatic carbocycles. The number of aliphatic hydroxyl groups is 1. The van der Waals surface area contributed by atoms with E-state index in [9.17, 15) is 9.90 Å². The van der Waals surface area contributed by atoms with Crippen molar-refractivity contribution in [2.45, 2.75) is 155 Å². The van der Waals surface area contributed by atoms with E-state index >= 15 is 0 Å². The molecule has 0 bridgehead atoms. The minimum absolute atomic E-state index is 0.142. The van der Waals surface area contributed by atoms with Crippen LogP contribution < -0.4 is 24.7 Å². The van der Waals surface area contributed by atoms with E-state index in [1.165, 1.54) is 6.42 Å². The van der Waals surface area contributed by atoms with E-state index in [0.29, 0.717) is 64.7 Å². The summed E-state index contributed by atoms with van der Waals surface area (Å²) in [5.41, 5.74) is 4.63. The first-order chi connectivity index (χ1) is 28.5. The first-order valence-electron chi connectivity index (χ1n) is 21.9. The summed E-state index contributed by atoms with van der Waals surface area (Å²) in [6, 6.07) is 11.3. The van der Waals surface area contributed by atoms with Crippen LogP contribution in [-0.2, 0) is 12.0 Å². The van der Waals surface area contributed by atoms with Crippen molar-refractivity contribution >= 4 is 31.8 Å². The largest absolute Gasteiger partial charge is 0.542 e. The van der Waals surface area contributed by atoms with E-state index in [1.807, 2.05) is 65.2 Å². The molecular formula is C47H68N8O4Si. The van der Waals surface area contributed by atoms with Gasteiger partial charge in [0.2, 0.25) is 5.95 Å². The maximum Gasteiger partial charge on any atom is 0.320 e. The average molecular weight is 837 g/mol. The van der Waals surface area contributed by atoms with E-state index in [-0.39, 0.29) is 30.2 Å². The Morgan fingerprint density at radius 3 is 2.42 bits per heavy atom. The third-order valence-electron chi connectivity index (χ3n) is 12.4. The van der Waals surface area contributed by atoms with Gasteiger partial charge in [-0.2, -0.15) is 5.10 Å². The molecule has 0 saturated carbocycles. The fourth-order valence-electron chi connectivity index (χ4n) is 9.05. The number of rotatable bonds is 12. The molecule has 2 aliphatic rings. The number of pyridine rings is 1. The second-order valence-corrected chi connectivity index (χ2v) is 24.0. The Labute approximate surface area is 358 Å². The maximum absolute atomic E-state index is 14.0. The van der Waals surface area contributed by atoms with E-state index < -0.39 is 8.32 Å². The number of aromatic nitrogens is 5. The molecular weight excluding hydrogens is 769 g/mol. The summed E-state index contributed by atoms with van der Waals surface area (Å²) in [6.07, 6.45) is 15.4. The number of hydrogen-bond acceptors (Lipinski definition) is 8. The monoisotopic (exact) mass is 837 g/mol. The van der Waals surface area contributed by atoms with E-state index in [2.05, 4.69) is 108 Å². The molecule has 0 radical (unpaired) electrons. The number of allylic oxidation sites excluding steroid dienone is 2. The number of amides is 2. The molecule has 6 rings (SSSR count). The van der Waals surface area contributed by atoms with E-state index in [1.54, 1.807) is 4.68 Å². The Morgan fingerprint density at radius 1 is 0.983 bits per heavy atom. The SMILES string of the molecule is C=C1/C=C\C=C/C[C@H](Oc2ccc3nnc(N4CCCC[C@@H]4C)n3c2)CC[C@@H]1NC(=O)Nc1cc(C(C)(C)C)nn1-c1ccc(O[Si](C(C)C)(C(C)C)C(C)C)c(CO)c1. The van der Waals surface area contributed by atoms with Crippen LogP contribution in [0.2, 0.25) is 16.6 Å². The number of anilines is 2. The maximum atomic E-state index is 14.0. The zero-order chi connectivity index (χ0) is 43.4. The fourth-order valence-corrected chi connectivity index (χ4v) is 14.3. The molecule has 1 aliphatic carbocycles. The molecule has 4 heterocycles. The predicted octanol–water partition coefficient (Wildman–Crippen LogP) is 10.4.